The number of halogens is 2. The number of ether oxygens (including phenoxy) is 1. The molecule has 24 heavy (non-hydrogen) atoms. The highest BCUT2D eigenvalue weighted by Crippen LogP contribution is 2.23. The lowest BCUT2D eigenvalue weighted by Crippen LogP contribution is -2.18. The van der Waals surface area contributed by atoms with E-state index < -0.39 is 0 Å². The van der Waals surface area contributed by atoms with Crippen LogP contribution in [0.4, 0.5) is 5.95 Å². The molecular formula is C15H14Cl2N6O. The first-order valence-corrected chi connectivity index (χ1v) is 7.81. The quantitative estimate of drug-likeness (QED) is 0.698. The third kappa shape index (κ3) is 4.06. The maximum atomic E-state index is 6.14. The van der Waals surface area contributed by atoms with Crippen molar-refractivity contribution >= 4 is 29.2 Å². The summed E-state index contributed by atoms with van der Waals surface area (Å²) < 4.78 is 5.79. The molecule has 1 heterocycles. The molecule has 0 fully saturated rings. The fraction of sp³-hybridized carbons (Fsp3) is 0.133. The van der Waals surface area contributed by atoms with Crippen molar-refractivity contribution < 1.29 is 4.74 Å². The van der Waals surface area contributed by atoms with Crippen LogP contribution < -0.4 is 15.9 Å². The Morgan fingerprint density at radius 2 is 2.04 bits per heavy atom. The molecule has 3 rings (SSSR count). The predicted molar refractivity (Wildman–Crippen MR) is 92.5 cm³/mol. The standard InChI is InChI=1S/C15H14Cl2N6O/c16-12-5-4-11(14(17)7-12)9-24-13-3-1-2-10(6-13)8-19-23-15(18)20-21-22-23/h1-7,19H,8-9H2,(H2,18,20,22). The van der Waals surface area contributed by atoms with Gasteiger partial charge in [0.25, 0.3) is 5.95 Å². The SMILES string of the molecule is Nc1nnnn1NCc1cccc(OCc2ccc(Cl)cc2Cl)c1. The van der Waals surface area contributed by atoms with Crippen LogP contribution in [0.15, 0.2) is 42.5 Å². The molecule has 0 saturated heterocycles. The van der Waals surface area contributed by atoms with Gasteiger partial charge in [-0.15, -0.1) is 4.79 Å². The van der Waals surface area contributed by atoms with E-state index in [0.29, 0.717) is 23.2 Å². The number of nitrogen functional groups attached to an aromatic ring is 1. The lowest BCUT2D eigenvalue weighted by Gasteiger charge is -2.10. The van der Waals surface area contributed by atoms with Gasteiger partial charge in [-0.05, 0) is 40.3 Å². The molecule has 2 aromatic carbocycles. The summed E-state index contributed by atoms with van der Waals surface area (Å²) in [4.78, 5) is 1.31. The van der Waals surface area contributed by atoms with Crippen molar-refractivity contribution in [1.29, 1.82) is 0 Å². The topological polar surface area (TPSA) is 90.9 Å². The van der Waals surface area contributed by atoms with E-state index in [2.05, 4.69) is 21.0 Å². The second kappa shape index (κ2) is 7.37. The molecule has 0 spiro atoms. The number of nitrogens with two attached hydrogens (primary N) is 1. The Hall–Kier alpha value is -2.51. The molecule has 0 aliphatic carbocycles. The Bertz CT molecular complexity index is 838. The minimum Gasteiger partial charge on any atom is -0.489 e. The monoisotopic (exact) mass is 364 g/mol. The van der Waals surface area contributed by atoms with E-state index in [4.69, 9.17) is 33.7 Å². The van der Waals surface area contributed by atoms with Gasteiger partial charge >= 0.3 is 0 Å². The maximum absolute atomic E-state index is 6.14. The summed E-state index contributed by atoms with van der Waals surface area (Å²) in [6.07, 6.45) is 0. The molecule has 124 valence electrons. The van der Waals surface area contributed by atoms with Gasteiger partial charge in [-0.25, -0.2) is 0 Å². The predicted octanol–water partition coefficient (Wildman–Crippen LogP) is 2.88. The van der Waals surface area contributed by atoms with Crippen LogP contribution in [-0.4, -0.2) is 20.3 Å². The van der Waals surface area contributed by atoms with E-state index in [1.165, 1.54) is 4.79 Å². The average molecular weight is 365 g/mol. The van der Waals surface area contributed by atoms with Crippen molar-refractivity contribution in [3.05, 3.63) is 63.6 Å². The fourth-order valence-corrected chi connectivity index (χ4v) is 2.48. The summed E-state index contributed by atoms with van der Waals surface area (Å²) in [5.74, 6) is 0.921. The van der Waals surface area contributed by atoms with Crippen molar-refractivity contribution in [2.75, 3.05) is 11.2 Å². The van der Waals surface area contributed by atoms with Gasteiger partial charge in [0.1, 0.15) is 12.4 Å². The summed E-state index contributed by atoms with van der Waals surface area (Å²) in [6, 6.07) is 13.0. The van der Waals surface area contributed by atoms with E-state index in [0.717, 1.165) is 16.9 Å². The van der Waals surface area contributed by atoms with E-state index in [1.54, 1.807) is 12.1 Å². The highest BCUT2D eigenvalue weighted by Gasteiger charge is 2.04. The van der Waals surface area contributed by atoms with Gasteiger partial charge in [0.2, 0.25) is 0 Å². The van der Waals surface area contributed by atoms with Crippen LogP contribution in [0.25, 0.3) is 0 Å². The van der Waals surface area contributed by atoms with Crippen LogP contribution in [0.3, 0.4) is 0 Å². The Morgan fingerprint density at radius 1 is 1.17 bits per heavy atom. The molecule has 0 amide bonds. The lowest BCUT2D eigenvalue weighted by atomic mass is 10.2. The van der Waals surface area contributed by atoms with Crippen LogP contribution >= 0.6 is 23.2 Å². The van der Waals surface area contributed by atoms with Gasteiger partial charge in [-0.3, -0.25) is 0 Å². The van der Waals surface area contributed by atoms with Crippen LogP contribution in [0, 0.1) is 0 Å². The number of anilines is 1. The Labute approximate surface area is 148 Å². The molecule has 0 radical (unpaired) electrons. The Kier molecular flexibility index (Phi) is 5.02. The number of tetrazole rings is 1. The molecule has 0 unspecified atom stereocenters. The molecule has 7 nitrogen and oxygen atoms in total. The smallest absolute Gasteiger partial charge is 0.260 e. The largest absolute Gasteiger partial charge is 0.489 e. The zero-order chi connectivity index (χ0) is 16.9. The summed E-state index contributed by atoms with van der Waals surface area (Å²) >= 11 is 12.0. The molecular weight excluding hydrogens is 351 g/mol. The van der Waals surface area contributed by atoms with Crippen molar-refractivity contribution in [3.8, 4) is 5.75 Å². The normalized spacial score (nSPS) is 10.6. The number of hydrogen-bond acceptors (Lipinski definition) is 6. The summed E-state index contributed by atoms with van der Waals surface area (Å²) in [6.45, 7) is 0.848. The summed E-state index contributed by atoms with van der Waals surface area (Å²) in [5.41, 5.74) is 10.4. The highest BCUT2D eigenvalue weighted by atomic mass is 35.5. The van der Waals surface area contributed by atoms with E-state index in [-0.39, 0.29) is 5.95 Å². The summed E-state index contributed by atoms with van der Waals surface area (Å²) in [5, 5.41) is 11.9. The molecule has 1 aromatic heterocycles. The van der Waals surface area contributed by atoms with Crippen LogP contribution in [0.2, 0.25) is 10.0 Å². The van der Waals surface area contributed by atoms with Gasteiger partial charge in [0.05, 0.1) is 6.54 Å². The maximum Gasteiger partial charge on any atom is 0.260 e. The fourth-order valence-electron chi connectivity index (χ4n) is 2.02. The molecule has 0 atom stereocenters. The Balaban J connectivity index is 1.61. The number of rotatable bonds is 6. The van der Waals surface area contributed by atoms with Gasteiger partial charge in [0, 0.05) is 15.6 Å². The molecule has 0 saturated carbocycles. The average Bonchev–Trinajstić information content (AvgIpc) is 2.98. The minimum absolute atomic E-state index is 0.194. The van der Waals surface area contributed by atoms with Crippen LogP contribution in [-0.2, 0) is 13.2 Å². The van der Waals surface area contributed by atoms with Crippen molar-refractivity contribution in [2.24, 2.45) is 0 Å². The minimum atomic E-state index is 0.194. The van der Waals surface area contributed by atoms with Gasteiger partial charge < -0.3 is 15.9 Å². The number of nitrogens with one attached hydrogen (secondary N) is 1. The number of nitrogens with zero attached hydrogens (tertiary/aromatic N) is 4. The first kappa shape index (κ1) is 16.4. The van der Waals surface area contributed by atoms with Crippen molar-refractivity contribution in [1.82, 2.24) is 20.3 Å². The number of hydrogen-bond donors (Lipinski definition) is 2. The van der Waals surface area contributed by atoms with Gasteiger partial charge in [-0.2, -0.15) is 0 Å². The summed E-state index contributed by atoms with van der Waals surface area (Å²) in [7, 11) is 0. The zero-order valence-corrected chi connectivity index (χ0v) is 14.0. The van der Waals surface area contributed by atoms with Crippen LogP contribution in [0.5, 0.6) is 5.75 Å². The lowest BCUT2D eigenvalue weighted by molar-refractivity contribution is 0.306. The zero-order valence-electron chi connectivity index (χ0n) is 12.5. The Morgan fingerprint density at radius 3 is 2.79 bits per heavy atom. The van der Waals surface area contributed by atoms with Gasteiger partial charge in [-0.1, -0.05) is 46.5 Å². The second-order valence-corrected chi connectivity index (χ2v) is 5.80. The third-order valence-corrected chi connectivity index (χ3v) is 3.82. The van der Waals surface area contributed by atoms with Crippen molar-refractivity contribution in [3.63, 3.8) is 0 Å². The molecule has 9 heteroatoms. The first-order valence-electron chi connectivity index (χ1n) is 7.05. The van der Waals surface area contributed by atoms with Gasteiger partial charge in [0.15, 0.2) is 0 Å². The molecule has 0 aliphatic heterocycles. The molecule has 3 N–H and O–H groups in total. The van der Waals surface area contributed by atoms with E-state index in [9.17, 15) is 0 Å². The molecule has 0 aliphatic rings. The van der Waals surface area contributed by atoms with Crippen molar-refractivity contribution in [2.45, 2.75) is 13.2 Å². The van der Waals surface area contributed by atoms with E-state index >= 15 is 0 Å². The van der Waals surface area contributed by atoms with Crippen LogP contribution in [0.1, 0.15) is 11.1 Å². The number of aromatic nitrogens is 4. The number of benzene rings is 2. The highest BCUT2D eigenvalue weighted by molar-refractivity contribution is 6.35. The third-order valence-electron chi connectivity index (χ3n) is 3.23. The second-order valence-electron chi connectivity index (χ2n) is 4.96. The molecule has 3 aromatic rings. The first-order chi connectivity index (χ1) is 11.6. The van der Waals surface area contributed by atoms with E-state index in [1.807, 2.05) is 30.3 Å². The molecule has 0 bridgehead atoms.